The number of halogens is 2. The van der Waals surface area contributed by atoms with E-state index in [2.05, 4.69) is 5.32 Å². The fraction of sp³-hybridized carbons (Fsp3) is 0.250. The molecule has 0 saturated carbocycles. The maximum Gasteiger partial charge on any atom is 0.131 e. The van der Waals surface area contributed by atoms with E-state index in [1.54, 1.807) is 12.1 Å². The lowest BCUT2D eigenvalue weighted by Crippen LogP contribution is -2.08. The van der Waals surface area contributed by atoms with Crippen molar-refractivity contribution in [2.75, 3.05) is 7.05 Å². The molecule has 0 saturated heterocycles. The van der Waals surface area contributed by atoms with E-state index in [4.69, 9.17) is 11.6 Å². The molecule has 3 heteroatoms. The van der Waals surface area contributed by atoms with Crippen LogP contribution >= 0.6 is 11.6 Å². The molecule has 0 unspecified atom stereocenters. The molecule has 0 aliphatic rings. The highest BCUT2D eigenvalue weighted by atomic mass is 35.5. The summed E-state index contributed by atoms with van der Waals surface area (Å²) in [6.07, 6.45) is 0. The van der Waals surface area contributed by atoms with Crippen LogP contribution < -0.4 is 5.32 Å². The first-order chi connectivity index (χ1) is 9.02. The van der Waals surface area contributed by atoms with Crippen LogP contribution in [0.4, 0.5) is 4.39 Å². The first kappa shape index (κ1) is 14.0. The van der Waals surface area contributed by atoms with Crippen LogP contribution in [-0.4, -0.2) is 7.05 Å². The molecule has 1 nitrogen and oxygen atoms in total. The lowest BCUT2D eigenvalue weighted by molar-refractivity contribution is 0.631. The van der Waals surface area contributed by atoms with E-state index in [9.17, 15) is 4.39 Å². The van der Waals surface area contributed by atoms with Gasteiger partial charge in [-0.15, -0.1) is 0 Å². The number of aryl methyl sites for hydroxylation is 2. The Morgan fingerprint density at radius 2 is 1.74 bits per heavy atom. The van der Waals surface area contributed by atoms with Gasteiger partial charge in [-0.25, -0.2) is 4.39 Å². The van der Waals surface area contributed by atoms with Crippen LogP contribution in [0.1, 0.15) is 16.7 Å². The van der Waals surface area contributed by atoms with Gasteiger partial charge in [-0.3, -0.25) is 0 Å². The normalized spacial score (nSPS) is 10.8. The zero-order valence-corrected chi connectivity index (χ0v) is 12.1. The first-order valence-electron chi connectivity index (χ1n) is 6.23. The molecule has 0 spiro atoms. The van der Waals surface area contributed by atoms with E-state index in [0.29, 0.717) is 10.6 Å². The van der Waals surface area contributed by atoms with Crippen molar-refractivity contribution in [3.8, 4) is 11.1 Å². The van der Waals surface area contributed by atoms with Gasteiger partial charge in [0.25, 0.3) is 0 Å². The third-order valence-electron chi connectivity index (χ3n) is 3.29. The van der Waals surface area contributed by atoms with Crippen molar-refractivity contribution in [3.05, 3.63) is 57.9 Å². The van der Waals surface area contributed by atoms with Crippen molar-refractivity contribution >= 4 is 11.6 Å². The average molecular weight is 278 g/mol. The Balaban J connectivity index is 2.55. The number of nitrogens with one attached hydrogen (secondary N) is 1. The van der Waals surface area contributed by atoms with Crippen molar-refractivity contribution in [3.63, 3.8) is 0 Å². The molecule has 1 N–H and O–H groups in total. The van der Waals surface area contributed by atoms with Gasteiger partial charge in [0.1, 0.15) is 5.82 Å². The molecule has 0 aromatic heterocycles. The molecule has 19 heavy (non-hydrogen) atoms. The summed E-state index contributed by atoms with van der Waals surface area (Å²) >= 11 is 5.95. The third-order valence-corrected chi connectivity index (χ3v) is 3.52. The zero-order chi connectivity index (χ0) is 14.0. The summed E-state index contributed by atoms with van der Waals surface area (Å²) in [7, 11) is 1.92. The van der Waals surface area contributed by atoms with Crippen molar-refractivity contribution in [1.82, 2.24) is 5.32 Å². The predicted molar refractivity (Wildman–Crippen MR) is 79.1 cm³/mol. The van der Waals surface area contributed by atoms with Crippen LogP contribution in [0.15, 0.2) is 30.3 Å². The minimum absolute atomic E-state index is 0.246. The summed E-state index contributed by atoms with van der Waals surface area (Å²) in [6, 6.07) is 8.66. The lowest BCUT2D eigenvalue weighted by atomic mass is 9.95. The van der Waals surface area contributed by atoms with Crippen LogP contribution in [0, 0.1) is 19.7 Å². The molecular formula is C16H17ClFN. The quantitative estimate of drug-likeness (QED) is 0.872. The SMILES string of the molecule is CNCc1c(C)cc(-c2cc(Cl)ccc2F)cc1C. The number of rotatable bonds is 3. The van der Waals surface area contributed by atoms with Gasteiger partial charge in [0, 0.05) is 17.1 Å². The minimum Gasteiger partial charge on any atom is -0.316 e. The van der Waals surface area contributed by atoms with Crippen LogP contribution in [-0.2, 0) is 6.54 Å². The van der Waals surface area contributed by atoms with Crippen LogP contribution in [0.3, 0.4) is 0 Å². The van der Waals surface area contributed by atoms with Crippen molar-refractivity contribution in [2.45, 2.75) is 20.4 Å². The summed E-state index contributed by atoms with van der Waals surface area (Å²) in [6.45, 7) is 4.91. The second-order valence-corrected chi connectivity index (χ2v) is 5.18. The van der Waals surface area contributed by atoms with Crippen LogP contribution in [0.25, 0.3) is 11.1 Å². The summed E-state index contributed by atoms with van der Waals surface area (Å²) in [5, 5.41) is 3.70. The summed E-state index contributed by atoms with van der Waals surface area (Å²) in [5.74, 6) is -0.246. The number of benzene rings is 2. The van der Waals surface area contributed by atoms with Gasteiger partial charge in [-0.2, -0.15) is 0 Å². The highest BCUT2D eigenvalue weighted by Crippen LogP contribution is 2.29. The van der Waals surface area contributed by atoms with Crippen molar-refractivity contribution in [1.29, 1.82) is 0 Å². The maximum absolute atomic E-state index is 13.9. The fourth-order valence-corrected chi connectivity index (χ4v) is 2.50. The summed E-state index contributed by atoms with van der Waals surface area (Å²) < 4.78 is 13.9. The Hall–Kier alpha value is -1.38. The second kappa shape index (κ2) is 5.72. The molecule has 2 rings (SSSR count). The van der Waals surface area contributed by atoms with Crippen molar-refractivity contribution < 1.29 is 4.39 Å². The molecule has 0 fully saturated rings. The molecule has 0 radical (unpaired) electrons. The van der Waals surface area contributed by atoms with E-state index in [0.717, 1.165) is 23.2 Å². The molecule has 0 heterocycles. The Labute approximate surface area is 118 Å². The van der Waals surface area contributed by atoms with Gasteiger partial charge in [-0.1, -0.05) is 23.7 Å². The monoisotopic (exact) mass is 277 g/mol. The van der Waals surface area contributed by atoms with Crippen LogP contribution in [0.5, 0.6) is 0 Å². The Morgan fingerprint density at radius 1 is 1.11 bits per heavy atom. The topological polar surface area (TPSA) is 12.0 Å². The summed E-state index contributed by atoms with van der Waals surface area (Å²) in [4.78, 5) is 0. The van der Waals surface area contributed by atoms with Gasteiger partial charge in [0.15, 0.2) is 0 Å². The largest absolute Gasteiger partial charge is 0.316 e. The molecule has 0 aliphatic heterocycles. The minimum atomic E-state index is -0.246. The second-order valence-electron chi connectivity index (χ2n) is 4.74. The Morgan fingerprint density at radius 3 is 2.32 bits per heavy atom. The highest BCUT2D eigenvalue weighted by Gasteiger charge is 2.10. The molecule has 100 valence electrons. The lowest BCUT2D eigenvalue weighted by Gasteiger charge is -2.13. The first-order valence-corrected chi connectivity index (χ1v) is 6.61. The Kier molecular flexibility index (Phi) is 4.23. The Bertz CT molecular complexity index is 585. The van der Waals surface area contributed by atoms with E-state index in [-0.39, 0.29) is 5.82 Å². The smallest absolute Gasteiger partial charge is 0.131 e. The molecule has 2 aromatic carbocycles. The number of hydrogen-bond acceptors (Lipinski definition) is 1. The van der Waals surface area contributed by atoms with Gasteiger partial charge < -0.3 is 5.32 Å². The van der Waals surface area contributed by atoms with Gasteiger partial charge in [-0.05, 0) is 61.3 Å². The maximum atomic E-state index is 13.9. The predicted octanol–water partition coefficient (Wildman–Crippen LogP) is 4.48. The molecular weight excluding hydrogens is 261 g/mol. The summed E-state index contributed by atoms with van der Waals surface area (Å²) in [5.41, 5.74) is 4.99. The average Bonchev–Trinajstić information content (AvgIpc) is 2.36. The van der Waals surface area contributed by atoms with Crippen molar-refractivity contribution in [2.24, 2.45) is 0 Å². The third kappa shape index (κ3) is 2.96. The van der Waals surface area contributed by atoms with Gasteiger partial charge in [0.05, 0.1) is 0 Å². The van der Waals surface area contributed by atoms with E-state index in [1.807, 2.05) is 33.0 Å². The molecule has 0 aliphatic carbocycles. The zero-order valence-electron chi connectivity index (χ0n) is 11.3. The van der Waals surface area contributed by atoms with E-state index < -0.39 is 0 Å². The van der Waals surface area contributed by atoms with Crippen LogP contribution in [0.2, 0.25) is 5.02 Å². The molecule has 0 amide bonds. The molecule has 2 aromatic rings. The highest BCUT2D eigenvalue weighted by molar-refractivity contribution is 6.30. The van der Waals surface area contributed by atoms with Gasteiger partial charge >= 0.3 is 0 Å². The molecule has 0 atom stereocenters. The number of hydrogen-bond donors (Lipinski definition) is 1. The van der Waals surface area contributed by atoms with Gasteiger partial charge in [0.2, 0.25) is 0 Å². The fourth-order valence-electron chi connectivity index (χ4n) is 2.32. The standard InChI is InChI=1S/C16H17ClFN/c1-10-6-12(7-11(2)15(10)9-19-3)14-8-13(17)4-5-16(14)18/h4-8,19H,9H2,1-3H3. The van der Waals surface area contributed by atoms with E-state index >= 15 is 0 Å². The van der Waals surface area contributed by atoms with E-state index in [1.165, 1.54) is 11.6 Å². The molecule has 0 bridgehead atoms.